The van der Waals surface area contributed by atoms with E-state index >= 15 is 0 Å². The number of aryl methyl sites for hydroxylation is 1. The van der Waals surface area contributed by atoms with Crippen LogP contribution in [-0.4, -0.2) is 16.2 Å². The molecule has 0 unspecified atom stereocenters. The molecule has 0 saturated heterocycles. The predicted octanol–water partition coefficient (Wildman–Crippen LogP) is 3.79. The molecule has 0 N–H and O–H groups in total. The number of imidazole rings is 1. The second kappa shape index (κ2) is 7.07. The normalized spacial score (nSPS) is 10.5. The molecule has 1 aromatic heterocycles. The second-order valence-corrected chi connectivity index (χ2v) is 4.60. The molecular weight excluding hydrogens is 248 g/mol. The molecule has 0 fully saturated rings. The molecule has 0 spiro atoms. The first-order valence-electron chi connectivity index (χ1n) is 6.19. The van der Waals surface area contributed by atoms with Gasteiger partial charge < -0.3 is 9.30 Å². The van der Waals surface area contributed by atoms with Gasteiger partial charge >= 0.3 is 0 Å². The number of halogens is 1. The first-order chi connectivity index (χ1) is 8.84. The number of hydrogen-bond donors (Lipinski definition) is 0. The minimum Gasteiger partial charge on any atom is -0.494 e. The Hall–Kier alpha value is -1.48. The van der Waals surface area contributed by atoms with E-state index in [0.29, 0.717) is 0 Å². The molecule has 0 atom stereocenters. The summed E-state index contributed by atoms with van der Waals surface area (Å²) < 4.78 is 7.72. The van der Waals surface area contributed by atoms with Crippen molar-refractivity contribution in [3.8, 4) is 5.75 Å². The number of ether oxygens (including phenoxy) is 1. The number of nitrogens with zero attached hydrogens (tertiary/aromatic N) is 2. The molecule has 0 aliphatic rings. The van der Waals surface area contributed by atoms with Crippen molar-refractivity contribution in [1.29, 1.82) is 0 Å². The number of unbranched alkanes of at least 4 members (excludes halogenated alkanes) is 2. The van der Waals surface area contributed by atoms with E-state index in [1.807, 2.05) is 43.0 Å². The zero-order chi connectivity index (χ0) is 12.6. The van der Waals surface area contributed by atoms with Gasteiger partial charge in [-0.1, -0.05) is 11.6 Å². The van der Waals surface area contributed by atoms with Crippen LogP contribution in [0.2, 0.25) is 5.02 Å². The molecule has 0 amide bonds. The lowest BCUT2D eigenvalue weighted by Gasteiger charge is -2.06. The monoisotopic (exact) mass is 264 g/mol. The van der Waals surface area contributed by atoms with Gasteiger partial charge in [0.1, 0.15) is 5.75 Å². The van der Waals surface area contributed by atoms with Crippen molar-refractivity contribution in [2.45, 2.75) is 25.8 Å². The van der Waals surface area contributed by atoms with Crippen molar-refractivity contribution >= 4 is 11.6 Å². The lowest BCUT2D eigenvalue weighted by molar-refractivity contribution is 0.304. The van der Waals surface area contributed by atoms with E-state index in [1.165, 1.54) is 0 Å². The maximum atomic E-state index is 5.80. The third-order valence-corrected chi connectivity index (χ3v) is 2.95. The van der Waals surface area contributed by atoms with Crippen molar-refractivity contribution in [3.63, 3.8) is 0 Å². The van der Waals surface area contributed by atoms with Gasteiger partial charge in [0.05, 0.1) is 12.9 Å². The summed E-state index contributed by atoms with van der Waals surface area (Å²) in [6, 6.07) is 7.48. The van der Waals surface area contributed by atoms with Crippen LogP contribution in [0.25, 0.3) is 0 Å². The topological polar surface area (TPSA) is 27.1 Å². The van der Waals surface area contributed by atoms with Crippen LogP contribution in [0.4, 0.5) is 0 Å². The van der Waals surface area contributed by atoms with Crippen molar-refractivity contribution in [1.82, 2.24) is 9.55 Å². The molecule has 0 saturated carbocycles. The molecule has 3 nitrogen and oxygen atoms in total. The molecule has 2 rings (SSSR count). The summed E-state index contributed by atoms with van der Waals surface area (Å²) in [5.41, 5.74) is 0. The Morgan fingerprint density at radius 2 is 1.94 bits per heavy atom. The molecule has 0 bridgehead atoms. The van der Waals surface area contributed by atoms with Gasteiger partial charge in [0.15, 0.2) is 0 Å². The van der Waals surface area contributed by atoms with Gasteiger partial charge in [0.2, 0.25) is 0 Å². The first kappa shape index (κ1) is 13.0. The fourth-order valence-corrected chi connectivity index (χ4v) is 1.84. The maximum Gasteiger partial charge on any atom is 0.119 e. The van der Waals surface area contributed by atoms with E-state index in [4.69, 9.17) is 16.3 Å². The summed E-state index contributed by atoms with van der Waals surface area (Å²) >= 11 is 5.80. The zero-order valence-corrected chi connectivity index (χ0v) is 11.0. The summed E-state index contributed by atoms with van der Waals surface area (Å²) in [4.78, 5) is 4.01. The smallest absolute Gasteiger partial charge is 0.119 e. The molecule has 96 valence electrons. The van der Waals surface area contributed by atoms with Crippen molar-refractivity contribution in [3.05, 3.63) is 48.0 Å². The van der Waals surface area contributed by atoms with Crippen LogP contribution in [0.5, 0.6) is 5.75 Å². The average Bonchev–Trinajstić information content (AvgIpc) is 2.89. The lowest BCUT2D eigenvalue weighted by Crippen LogP contribution is -1.99. The van der Waals surface area contributed by atoms with Crippen LogP contribution in [-0.2, 0) is 6.54 Å². The molecule has 4 heteroatoms. The third kappa shape index (κ3) is 4.41. The minimum absolute atomic E-state index is 0.739. The van der Waals surface area contributed by atoms with E-state index in [2.05, 4.69) is 9.55 Å². The summed E-state index contributed by atoms with van der Waals surface area (Å²) in [5, 5.41) is 0.739. The van der Waals surface area contributed by atoms with Crippen molar-refractivity contribution in [2.24, 2.45) is 0 Å². The van der Waals surface area contributed by atoms with Crippen LogP contribution in [0.15, 0.2) is 43.0 Å². The number of hydrogen-bond acceptors (Lipinski definition) is 2. The molecular formula is C14H17ClN2O. The number of benzene rings is 1. The van der Waals surface area contributed by atoms with Gasteiger partial charge in [-0.15, -0.1) is 0 Å². The van der Waals surface area contributed by atoms with Crippen molar-refractivity contribution in [2.75, 3.05) is 6.61 Å². The SMILES string of the molecule is Clc1ccc(OCCCCCn2ccnc2)cc1. The standard InChI is InChI=1S/C14H17ClN2O/c15-13-4-6-14(7-5-13)18-11-3-1-2-9-17-10-8-16-12-17/h4-8,10,12H,1-3,9,11H2. The van der Waals surface area contributed by atoms with Crippen LogP contribution < -0.4 is 4.74 Å². The molecule has 2 aromatic rings. The highest BCUT2D eigenvalue weighted by Gasteiger charge is 1.95. The molecule has 0 aliphatic carbocycles. The summed E-state index contributed by atoms with van der Waals surface area (Å²) in [5.74, 6) is 0.883. The molecule has 1 heterocycles. The van der Waals surface area contributed by atoms with Gasteiger partial charge in [0.25, 0.3) is 0 Å². The Balaban J connectivity index is 1.55. The highest BCUT2D eigenvalue weighted by Crippen LogP contribution is 2.15. The quantitative estimate of drug-likeness (QED) is 0.712. The van der Waals surface area contributed by atoms with E-state index in [1.54, 1.807) is 0 Å². The Kier molecular flexibility index (Phi) is 5.09. The third-order valence-electron chi connectivity index (χ3n) is 2.70. The molecule has 0 aliphatic heterocycles. The number of aromatic nitrogens is 2. The Morgan fingerprint density at radius 3 is 2.67 bits per heavy atom. The Bertz CT molecular complexity index is 439. The van der Waals surface area contributed by atoms with Crippen LogP contribution >= 0.6 is 11.6 Å². The van der Waals surface area contributed by atoms with Crippen LogP contribution in [0, 0.1) is 0 Å². The van der Waals surface area contributed by atoms with E-state index in [9.17, 15) is 0 Å². The van der Waals surface area contributed by atoms with E-state index in [0.717, 1.165) is 43.2 Å². The van der Waals surface area contributed by atoms with Gasteiger partial charge in [-0.2, -0.15) is 0 Å². The first-order valence-corrected chi connectivity index (χ1v) is 6.56. The predicted molar refractivity (Wildman–Crippen MR) is 73.0 cm³/mol. The van der Waals surface area contributed by atoms with Crippen LogP contribution in [0.1, 0.15) is 19.3 Å². The minimum atomic E-state index is 0.739. The molecule has 1 aromatic carbocycles. The van der Waals surface area contributed by atoms with E-state index in [-0.39, 0.29) is 0 Å². The highest BCUT2D eigenvalue weighted by molar-refractivity contribution is 6.30. The fraction of sp³-hybridized carbons (Fsp3) is 0.357. The van der Waals surface area contributed by atoms with Crippen molar-refractivity contribution < 1.29 is 4.74 Å². The van der Waals surface area contributed by atoms with Gasteiger partial charge in [0, 0.05) is 24.0 Å². The summed E-state index contributed by atoms with van der Waals surface area (Å²) in [6.07, 6.45) is 9.03. The van der Waals surface area contributed by atoms with Gasteiger partial charge in [-0.3, -0.25) is 0 Å². The summed E-state index contributed by atoms with van der Waals surface area (Å²) in [6.45, 7) is 1.78. The fourth-order valence-electron chi connectivity index (χ4n) is 1.71. The average molecular weight is 265 g/mol. The highest BCUT2D eigenvalue weighted by atomic mass is 35.5. The van der Waals surface area contributed by atoms with E-state index < -0.39 is 0 Å². The zero-order valence-electron chi connectivity index (χ0n) is 10.3. The Labute approximate surface area is 112 Å². The van der Waals surface area contributed by atoms with Gasteiger partial charge in [-0.05, 0) is 43.5 Å². The lowest BCUT2D eigenvalue weighted by atomic mass is 10.2. The number of rotatable bonds is 7. The molecule has 18 heavy (non-hydrogen) atoms. The Morgan fingerprint density at radius 1 is 1.11 bits per heavy atom. The van der Waals surface area contributed by atoms with Gasteiger partial charge in [-0.25, -0.2) is 4.98 Å². The molecule has 0 radical (unpaired) electrons. The largest absolute Gasteiger partial charge is 0.494 e. The van der Waals surface area contributed by atoms with Crippen LogP contribution in [0.3, 0.4) is 0 Å². The summed E-state index contributed by atoms with van der Waals surface area (Å²) in [7, 11) is 0. The second-order valence-electron chi connectivity index (χ2n) is 4.16. The maximum absolute atomic E-state index is 5.80.